The normalized spacial score (nSPS) is 11.0. The van der Waals surface area contributed by atoms with Gasteiger partial charge in [0.15, 0.2) is 11.0 Å². The second kappa shape index (κ2) is 9.74. The van der Waals surface area contributed by atoms with Gasteiger partial charge in [-0.15, -0.1) is 21.5 Å². The topological polar surface area (TPSA) is 65.7 Å². The van der Waals surface area contributed by atoms with E-state index in [9.17, 15) is 0 Å². The number of hydrogen-bond donors (Lipinski definition) is 0. The Hall–Kier alpha value is -3.20. The van der Waals surface area contributed by atoms with Gasteiger partial charge in [0.1, 0.15) is 10.8 Å². The highest BCUT2D eigenvalue weighted by atomic mass is 35.5. The van der Waals surface area contributed by atoms with Gasteiger partial charge in [-0.2, -0.15) is 0 Å². The van der Waals surface area contributed by atoms with Crippen molar-refractivity contribution in [1.82, 2.24) is 24.7 Å². The van der Waals surface area contributed by atoms with Crippen LogP contribution in [0.4, 0.5) is 0 Å². The molecule has 9 heteroatoms. The molecule has 0 aliphatic rings. The van der Waals surface area contributed by atoms with Gasteiger partial charge < -0.3 is 4.74 Å². The van der Waals surface area contributed by atoms with Gasteiger partial charge in [-0.1, -0.05) is 35.5 Å². The van der Waals surface area contributed by atoms with Crippen LogP contribution < -0.4 is 4.74 Å². The lowest BCUT2D eigenvalue weighted by molar-refractivity contribution is 0.416. The predicted octanol–water partition coefficient (Wildman–Crippen LogP) is 6.41. The first-order valence-electron chi connectivity index (χ1n) is 10.1. The minimum absolute atomic E-state index is 0.660. The lowest BCUT2D eigenvalue weighted by atomic mass is 10.2. The largest absolute Gasteiger partial charge is 0.496 e. The zero-order valence-corrected chi connectivity index (χ0v) is 19.9. The van der Waals surface area contributed by atoms with Crippen molar-refractivity contribution in [2.45, 2.75) is 10.9 Å². The van der Waals surface area contributed by atoms with E-state index < -0.39 is 0 Å². The van der Waals surface area contributed by atoms with Crippen molar-refractivity contribution in [1.29, 1.82) is 0 Å². The maximum atomic E-state index is 6.12. The number of benzene rings is 2. The van der Waals surface area contributed by atoms with Crippen molar-refractivity contribution in [2.24, 2.45) is 0 Å². The van der Waals surface area contributed by atoms with E-state index in [0.717, 1.165) is 44.2 Å². The maximum Gasteiger partial charge on any atom is 0.196 e. The number of thiazole rings is 1. The molecular formula is C24H18ClN5OS2. The highest BCUT2D eigenvalue weighted by Gasteiger charge is 2.17. The van der Waals surface area contributed by atoms with Crippen LogP contribution in [0.5, 0.6) is 5.75 Å². The summed E-state index contributed by atoms with van der Waals surface area (Å²) in [6.07, 6.45) is 3.50. The highest BCUT2D eigenvalue weighted by Crippen LogP contribution is 2.34. The zero-order valence-electron chi connectivity index (χ0n) is 17.6. The van der Waals surface area contributed by atoms with E-state index in [-0.39, 0.29) is 0 Å². The standard InChI is InChI=1S/C24H18ClN5OS2/c1-31-21-5-3-2-4-20(21)23-27-18(14-32-23)15-33-24-29-28-22(16-10-12-26-13-11-16)30(24)19-8-6-17(25)7-9-19/h2-14H,15H2,1H3. The lowest BCUT2D eigenvalue weighted by Crippen LogP contribution is -2.00. The van der Waals surface area contributed by atoms with E-state index in [1.807, 2.05) is 65.2 Å². The average Bonchev–Trinajstić information content (AvgIpc) is 3.51. The number of halogens is 1. The molecule has 0 N–H and O–H groups in total. The summed E-state index contributed by atoms with van der Waals surface area (Å²) in [5.41, 5.74) is 3.84. The van der Waals surface area contributed by atoms with Crippen LogP contribution in [0.15, 0.2) is 83.6 Å². The second-order valence-corrected chi connectivity index (χ2v) is 9.22. The number of aromatic nitrogens is 5. The van der Waals surface area contributed by atoms with Crippen LogP contribution in [0.1, 0.15) is 5.69 Å². The van der Waals surface area contributed by atoms with Crippen molar-refractivity contribution in [3.63, 3.8) is 0 Å². The van der Waals surface area contributed by atoms with Crippen molar-refractivity contribution in [3.8, 4) is 33.4 Å². The molecule has 5 rings (SSSR count). The quantitative estimate of drug-likeness (QED) is 0.245. The Labute approximate surface area is 204 Å². The number of nitrogens with zero attached hydrogens (tertiary/aromatic N) is 5. The van der Waals surface area contributed by atoms with Crippen molar-refractivity contribution < 1.29 is 4.74 Å². The fourth-order valence-electron chi connectivity index (χ4n) is 3.33. The molecule has 0 atom stereocenters. The number of para-hydroxylation sites is 1. The van der Waals surface area contributed by atoms with Crippen molar-refractivity contribution in [3.05, 3.63) is 89.2 Å². The summed E-state index contributed by atoms with van der Waals surface area (Å²) in [5, 5.41) is 13.4. The van der Waals surface area contributed by atoms with E-state index >= 15 is 0 Å². The molecule has 0 aliphatic carbocycles. The van der Waals surface area contributed by atoms with E-state index in [0.29, 0.717) is 10.8 Å². The second-order valence-electron chi connectivity index (χ2n) is 6.99. The fourth-order valence-corrected chi connectivity index (χ4v) is 5.26. The summed E-state index contributed by atoms with van der Waals surface area (Å²) < 4.78 is 7.51. The summed E-state index contributed by atoms with van der Waals surface area (Å²) in [6, 6.07) is 19.4. The Balaban J connectivity index is 1.44. The summed E-state index contributed by atoms with van der Waals surface area (Å²) in [4.78, 5) is 8.93. The molecule has 6 nitrogen and oxygen atoms in total. The molecule has 0 aliphatic heterocycles. The van der Waals surface area contributed by atoms with Crippen molar-refractivity contribution >= 4 is 34.7 Å². The van der Waals surface area contributed by atoms with Crippen LogP contribution >= 0.6 is 34.7 Å². The molecule has 0 fully saturated rings. The molecule has 5 aromatic rings. The molecule has 0 amide bonds. The van der Waals surface area contributed by atoms with Gasteiger partial charge in [-0.25, -0.2) is 4.98 Å². The molecule has 3 heterocycles. The summed E-state index contributed by atoms with van der Waals surface area (Å²) in [7, 11) is 1.67. The van der Waals surface area contributed by atoms with Gasteiger partial charge in [0.05, 0.1) is 18.4 Å². The molecule has 0 unspecified atom stereocenters. The number of methoxy groups -OCH3 is 1. The minimum Gasteiger partial charge on any atom is -0.496 e. The SMILES string of the molecule is COc1ccccc1-c1nc(CSc2nnc(-c3ccncc3)n2-c2ccc(Cl)cc2)cs1. The number of pyridine rings is 1. The lowest BCUT2D eigenvalue weighted by Gasteiger charge is -2.10. The minimum atomic E-state index is 0.660. The van der Waals surface area contributed by atoms with Gasteiger partial charge in [-0.3, -0.25) is 9.55 Å². The first-order chi connectivity index (χ1) is 16.2. The van der Waals surface area contributed by atoms with Gasteiger partial charge >= 0.3 is 0 Å². The predicted molar refractivity (Wildman–Crippen MR) is 133 cm³/mol. The van der Waals surface area contributed by atoms with Crippen molar-refractivity contribution in [2.75, 3.05) is 7.11 Å². The van der Waals surface area contributed by atoms with E-state index in [4.69, 9.17) is 21.3 Å². The number of hydrogen-bond acceptors (Lipinski definition) is 7. The molecule has 33 heavy (non-hydrogen) atoms. The van der Waals surface area contributed by atoms with E-state index in [1.54, 1.807) is 42.6 Å². The van der Waals surface area contributed by atoms with Crippen LogP contribution in [-0.4, -0.2) is 31.8 Å². The third kappa shape index (κ3) is 4.64. The Morgan fingerprint density at radius 3 is 2.58 bits per heavy atom. The first-order valence-corrected chi connectivity index (χ1v) is 12.3. The van der Waals surface area contributed by atoms with Gasteiger partial charge in [0.25, 0.3) is 0 Å². The Morgan fingerprint density at radius 1 is 1.00 bits per heavy atom. The summed E-state index contributed by atoms with van der Waals surface area (Å²) >= 11 is 9.30. The van der Waals surface area contributed by atoms with Gasteiger partial charge in [0.2, 0.25) is 0 Å². The van der Waals surface area contributed by atoms with Gasteiger partial charge in [-0.05, 0) is 48.5 Å². The smallest absolute Gasteiger partial charge is 0.196 e. The Morgan fingerprint density at radius 2 is 1.79 bits per heavy atom. The Kier molecular flexibility index (Phi) is 6.39. The molecule has 0 saturated heterocycles. The number of rotatable bonds is 7. The molecule has 0 radical (unpaired) electrons. The summed E-state index contributed by atoms with van der Waals surface area (Å²) in [5.74, 6) is 2.22. The monoisotopic (exact) mass is 491 g/mol. The van der Waals surface area contributed by atoms with Crippen LogP contribution in [0.3, 0.4) is 0 Å². The molecular weight excluding hydrogens is 474 g/mol. The van der Waals surface area contributed by atoms with Crippen LogP contribution in [0, 0.1) is 0 Å². The molecule has 164 valence electrons. The molecule has 2 aromatic carbocycles. The van der Waals surface area contributed by atoms with Crippen LogP contribution in [0.2, 0.25) is 5.02 Å². The Bertz CT molecular complexity index is 1370. The number of ether oxygens (including phenoxy) is 1. The van der Waals surface area contributed by atoms with E-state index in [1.165, 1.54) is 0 Å². The zero-order chi connectivity index (χ0) is 22.6. The van der Waals surface area contributed by atoms with Crippen LogP contribution in [-0.2, 0) is 5.75 Å². The third-order valence-corrected chi connectivity index (χ3v) is 7.03. The molecule has 0 saturated carbocycles. The average molecular weight is 492 g/mol. The van der Waals surface area contributed by atoms with E-state index in [2.05, 4.69) is 20.6 Å². The van der Waals surface area contributed by atoms with Gasteiger partial charge in [0, 0.05) is 39.8 Å². The van der Waals surface area contributed by atoms with Crippen LogP contribution in [0.25, 0.3) is 27.6 Å². The first kappa shape index (κ1) is 21.6. The molecule has 0 bridgehead atoms. The maximum absolute atomic E-state index is 6.12. The molecule has 0 spiro atoms. The summed E-state index contributed by atoms with van der Waals surface area (Å²) in [6.45, 7) is 0. The third-order valence-electron chi connectivity index (χ3n) is 4.89. The fraction of sp³-hybridized carbons (Fsp3) is 0.0833. The highest BCUT2D eigenvalue weighted by molar-refractivity contribution is 7.98. The number of thioether (sulfide) groups is 1. The molecule has 3 aromatic heterocycles.